The number of hydrogen-bond acceptors (Lipinski definition) is 4. The second kappa shape index (κ2) is 5.79. The van der Waals surface area contributed by atoms with Crippen molar-refractivity contribution in [2.45, 2.75) is 38.3 Å². The Balaban J connectivity index is 2.40. The molecule has 0 bridgehead atoms. The third-order valence-electron chi connectivity index (χ3n) is 2.41. The first-order chi connectivity index (χ1) is 7.03. The van der Waals surface area contributed by atoms with Crippen LogP contribution >= 0.6 is 0 Å². The van der Waals surface area contributed by atoms with Crippen LogP contribution in [0.15, 0.2) is 0 Å². The van der Waals surface area contributed by atoms with E-state index in [2.05, 4.69) is 4.72 Å². The first-order valence-corrected chi connectivity index (χ1v) is 7.00. The standard InChI is InChI=1S/C9H20N2O3S/c1-8(6-10)11-15(12,13)7-9-4-2-3-5-14-9/h8-9,11H,2-7,10H2,1H3/t8-,9?/m0/s1. The average molecular weight is 236 g/mol. The summed E-state index contributed by atoms with van der Waals surface area (Å²) >= 11 is 0. The molecule has 0 radical (unpaired) electrons. The molecule has 1 aliphatic rings. The van der Waals surface area contributed by atoms with E-state index in [4.69, 9.17) is 10.5 Å². The lowest BCUT2D eigenvalue weighted by Gasteiger charge is -2.23. The molecule has 90 valence electrons. The molecular formula is C9H20N2O3S. The van der Waals surface area contributed by atoms with Gasteiger partial charge in [0.1, 0.15) is 0 Å². The predicted molar refractivity (Wildman–Crippen MR) is 59.0 cm³/mol. The minimum absolute atomic E-state index is 0.0529. The Morgan fingerprint density at radius 3 is 2.80 bits per heavy atom. The van der Waals surface area contributed by atoms with Crippen LogP contribution < -0.4 is 10.5 Å². The quantitative estimate of drug-likeness (QED) is 0.694. The zero-order valence-electron chi connectivity index (χ0n) is 9.11. The number of nitrogens with one attached hydrogen (secondary N) is 1. The monoisotopic (exact) mass is 236 g/mol. The van der Waals surface area contributed by atoms with Crippen molar-refractivity contribution in [3.05, 3.63) is 0 Å². The van der Waals surface area contributed by atoms with E-state index in [-0.39, 0.29) is 17.9 Å². The van der Waals surface area contributed by atoms with Gasteiger partial charge in [-0.3, -0.25) is 0 Å². The van der Waals surface area contributed by atoms with Crippen LogP contribution in [0.2, 0.25) is 0 Å². The molecule has 1 rings (SSSR count). The maximum Gasteiger partial charge on any atom is 0.214 e. The summed E-state index contributed by atoms with van der Waals surface area (Å²) in [4.78, 5) is 0. The molecule has 1 saturated heterocycles. The highest BCUT2D eigenvalue weighted by Crippen LogP contribution is 2.14. The molecule has 0 saturated carbocycles. The van der Waals surface area contributed by atoms with Crippen molar-refractivity contribution < 1.29 is 13.2 Å². The van der Waals surface area contributed by atoms with Gasteiger partial charge in [-0.1, -0.05) is 0 Å². The summed E-state index contributed by atoms with van der Waals surface area (Å²) in [7, 11) is -3.25. The molecule has 1 aliphatic heterocycles. The lowest BCUT2D eigenvalue weighted by Crippen LogP contribution is -2.42. The Labute approximate surface area is 91.4 Å². The minimum atomic E-state index is -3.25. The van der Waals surface area contributed by atoms with Crippen molar-refractivity contribution in [3.63, 3.8) is 0 Å². The molecule has 0 aromatic rings. The van der Waals surface area contributed by atoms with Crippen molar-refractivity contribution in [2.75, 3.05) is 18.9 Å². The van der Waals surface area contributed by atoms with Gasteiger partial charge in [0.05, 0.1) is 11.9 Å². The van der Waals surface area contributed by atoms with Gasteiger partial charge in [0.25, 0.3) is 0 Å². The predicted octanol–water partition coefficient (Wildman–Crippen LogP) is -0.178. The van der Waals surface area contributed by atoms with Crippen LogP contribution in [-0.4, -0.2) is 39.5 Å². The Hall–Kier alpha value is -0.170. The first kappa shape index (κ1) is 12.9. The lowest BCUT2D eigenvalue weighted by molar-refractivity contribution is 0.0303. The molecule has 0 amide bonds. The highest BCUT2D eigenvalue weighted by atomic mass is 32.2. The molecule has 0 aliphatic carbocycles. The van der Waals surface area contributed by atoms with Crippen LogP contribution in [-0.2, 0) is 14.8 Å². The van der Waals surface area contributed by atoms with Gasteiger partial charge in [0.2, 0.25) is 10.0 Å². The zero-order chi connectivity index (χ0) is 11.3. The van der Waals surface area contributed by atoms with Crippen molar-refractivity contribution in [3.8, 4) is 0 Å². The van der Waals surface area contributed by atoms with E-state index in [0.29, 0.717) is 13.2 Å². The topological polar surface area (TPSA) is 81.4 Å². The van der Waals surface area contributed by atoms with Crippen molar-refractivity contribution in [1.29, 1.82) is 0 Å². The van der Waals surface area contributed by atoms with Gasteiger partial charge in [0, 0.05) is 19.2 Å². The second-order valence-corrected chi connectivity index (χ2v) is 5.82. The zero-order valence-corrected chi connectivity index (χ0v) is 9.92. The number of sulfonamides is 1. The van der Waals surface area contributed by atoms with Gasteiger partial charge < -0.3 is 10.5 Å². The van der Waals surface area contributed by atoms with Gasteiger partial charge in [-0.2, -0.15) is 0 Å². The largest absolute Gasteiger partial charge is 0.377 e. The third kappa shape index (κ3) is 4.92. The Kier molecular flexibility index (Phi) is 4.98. The van der Waals surface area contributed by atoms with E-state index in [1.807, 2.05) is 0 Å². The maximum absolute atomic E-state index is 11.6. The second-order valence-electron chi connectivity index (χ2n) is 4.02. The van der Waals surface area contributed by atoms with Crippen LogP contribution in [0.3, 0.4) is 0 Å². The summed E-state index contributed by atoms with van der Waals surface area (Å²) in [6.07, 6.45) is 2.76. The Bertz CT molecular complexity index is 273. The fourth-order valence-corrected chi connectivity index (χ4v) is 3.14. The van der Waals surface area contributed by atoms with E-state index >= 15 is 0 Å². The van der Waals surface area contributed by atoms with Gasteiger partial charge >= 0.3 is 0 Å². The molecule has 5 nitrogen and oxygen atoms in total. The van der Waals surface area contributed by atoms with Gasteiger partial charge in [0.15, 0.2) is 0 Å². The maximum atomic E-state index is 11.6. The van der Waals surface area contributed by atoms with Crippen LogP contribution in [0.5, 0.6) is 0 Å². The summed E-state index contributed by atoms with van der Waals surface area (Å²) in [5.41, 5.74) is 5.35. The van der Waals surface area contributed by atoms with Crippen LogP contribution in [0.1, 0.15) is 26.2 Å². The van der Waals surface area contributed by atoms with Crippen molar-refractivity contribution in [1.82, 2.24) is 4.72 Å². The van der Waals surface area contributed by atoms with Crippen LogP contribution in [0.4, 0.5) is 0 Å². The average Bonchev–Trinajstić information content (AvgIpc) is 2.17. The van der Waals surface area contributed by atoms with Gasteiger partial charge in [-0.05, 0) is 26.2 Å². The smallest absolute Gasteiger partial charge is 0.214 e. The van der Waals surface area contributed by atoms with Crippen molar-refractivity contribution >= 4 is 10.0 Å². The van der Waals surface area contributed by atoms with Gasteiger partial charge in [-0.25, -0.2) is 13.1 Å². The molecule has 0 spiro atoms. The normalized spacial score (nSPS) is 25.1. The summed E-state index contributed by atoms with van der Waals surface area (Å²) in [6, 6.07) is -0.210. The number of nitrogens with two attached hydrogens (primary N) is 1. The van der Waals surface area contributed by atoms with E-state index in [1.165, 1.54) is 0 Å². The van der Waals surface area contributed by atoms with Crippen molar-refractivity contribution in [2.24, 2.45) is 5.73 Å². The Morgan fingerprint density at radius 2 is 2.27 bits per heavy atom. The van der Waals surface area contributed by atoms with Crippen LogP contribution in [0.25, 0.3) is 0 Å². The fourth-order valence-electron chi connectivity index (χ4n) is 1.59. The van der Waals surface area contributed by atoms with E-state index in [0.717, 1.165) is 19.3 Å². The molecule has 1 unspecified atom stereocenters. The summed E-state index contributed by atoms with van der Waals surface area (Å²) in [5, 5.41) is 0. The Morgan fingerprint density at radius 1 is 1.53 bits per heavy atom. The SMILES string of the molecule is C[C@@H](CN)NS(=O)(=O)CC1CCCCO1. The molecule has 2 atom stereocenters. The lowest BCUT2D eigenvalue weighted by atomic mass is 10.1. The highest BCUT2D eigenvalue weighted by molar-refractivity contribution is 7.89. The molecule has 1 fully saturated rings. The number of rotatable bonds is 5. The third-order valence-corrected chi connectivity index (χ3v) is 3.99. The summed E-state index contributed by atoms with van der Waals surface area (Å²) in [5.74, 6) is 0.0529. The van der Waals surface area contributed by atoms with E-state index in [1.54, 1.807) is 6.92 Å². The first-order valence-electron chi connectivity index (χ1n) is 5.35. The summed E-state index contributed by atoms with van der Waals surface area (Å²) in [6.45, 7) is 2.73. The van der Waals surface area contributed by atoms with Crippen LogP contribution in [0, 0.1) is 0 Å². The number of ether oxygens (including phenoxy) is 1. The molecular weight excluding hydrogens is 216 g/mol. The van der Waals surface area contributed by atoms with E-state index < -0.39 is 10.0 Å². The summed E-state index contributed by atoms with van der Waals surface area (Å²) < 4.78 is 31.1. The molecule has 3 N–H and O–H groups in total. The minimum Gasteiger partial charge on any atom is -0.377 e. The molecule has 0 aromatic heterocycles. The highest BCUT2D eigenvalue weighted by Gasteiger charge is 2.22. The number of hydrogen-bond donors (Lipinski definition) is 2. The van der Waals surface area contributed by atoms with Gasteiger partial charge in [-0.15, -0.1) is 0 Å². The van der Waals surface area contributed by atoms with E-state index in [9.17, 15) is 8.42 Å². The molecule has 0 aromatic carbocycles. The fraction of sp³-hybridized carbons (Fsp3) is 1.00. The molecule has 6 heteroatoms. The molecule has 15 heavy (non-hydrogen) atoms. The molecule has 1 heterocycles.